The van der Waals surface area contributed by atoms with Gasteiger partial charge in [0.25, 0.3) is 0 Å². The molecule has 0 saturated carbocycles. The molecular formula is C13H20BrNO2. The van der Waals surface area contributed by atoms with E-state index in [-0.39, 0.29) is 0 Å². The second kappa shape index (κ2) is 7.82. The molecule has 1 unspecified atom stereocenters. The number of aliphatic hydroxyl groups is 1. The van der Waals surface area contributed by atoms with E-state index in [1.54, 1.807) is 0 Å². The first kappa shape index (κ1) is 14.6. The van der Waals surface area contributed by atoms with Crippen LogP contribution in [-0.4, -0.2) is 42.9 Å². The van der Waals surface area contributed by atoms with Gasteiger partial charge in [0.15, 0.2) is 0 Å². The van der Waals surface area contributed by atoms with Gasteiger partial charge in [-0.15, -0.1) is 0 Å². The molecular weight excluding hydrogens is 282 g/mol. The Morgan fingerprint density at radius 1 is 1.41 bits per heavy atom. The van der Waals surface area contributed by atoms with E-state index in [9.17, 15) is 5.11 Å². The van der Waals surface area contributed by atoms with Crippen LogP contribution in [0.1, 0.15) is 12.5 Å². The van der Waals surface area contributed by atoms with Crippen LogP contribution in [0.4, 0.5) is 0 Å². The van der Waals surface area contributed by atoms with Gasteiger partial charge in [-0.1, -0.05) is 34.1 Å². The minimum atomic E-state index is -0.428. The van der Waals surface area contributed by atoms with E-state index < -0.39 is 6.10 Å². The monoisotopic (exact) mass is 301 g/mol. The van der Waals surface area contributed by atoms with Gasteiger partial charge in [0.2, 0.25) is 0 Å². The predicted octanol–water partition coefficient (Wildman–Crippen LogP) is 2.28. The van der Waals surface area contributed by atoms with E-state index >= 15 is 0 Å². The number of benzene rings is 1. The summed E-state index contributed by atoms with van der Waals surface area (Å²) >= 11 is 3.52. The van der Waals surface area contributed by atoms with E-state index in [0.717, 1.165) is 11.0 Å². The van der Waals surface area contributed by atoms with Crippen LogP contribution in [0.2, 0.25) is 0 Å². The fourth-order valence-electron chi connectivity index (χ4n) is 1.65. The molecule has 4 heteroatoms. The Balaban J connectivity index is 2.39. The van der Waals surface area contributed by atoms with Crippen LogP contribution in [-0.2, 0) is 11.3 Å². The minimum Gasteiger partial charge on any atom is -0.389 e. The van der Waals surface area contributed by atoms with Gasteiger partial charge in [-0.05, 0) is 25.6 Å². The van der Waals surface area contributed by atoms with E-state index in [0.29, 0.717) is 19.8 Å². The fraction of sp³-hybridized carbons (Fsp3) is 0.538. The first-order chi connectivity index (χ1) is 8.13. The summed E-state index contributed by atoms with van der Waals surface area (Å²) in [6, 6.07) is 8.12. The van der Waals surface area contributed by atoms with Gasteiger partial charge in [-0.3, -0.25) is 4.90 Å². The lowest BCUT2D eigenvalue weighted by Crippen LogP contribution is -2.32. The Hall–Kier alpha value is -0.420. The Kier molecular flexibility index (Phi) is 6.73. The number of hydrogen-bond acceptors (Lipinski definition) is 3. The normalized spacial score (nSPS) is 13.0. The van der Waals surface area contributed by atoms with Crippen molar-refractivity contribution in [1.82, 2.24) is 4.90 Å². The molecule has 1 N–H and O–H groups in total. The molecule has 1 aromatic rings. The number of hydrogen-bond donors (Lipinski definition) is 1. The highest BCUT2D eigenvalue weighted by molar-refractivity contribution is 9.10. The van der Waals surface area contributed by atoms with Crippen LogP contribution in [0.5, 0.6) is 0 Å². The van der Waals surface area contributed by atoms with Crippen LogP contribution >= 0.6 is 15.9 Å². The summed E-state index contributed by atoms with van der Waals surface area (Å²) in [7, 11) is 1.99. The molecule has 0 heterocycles. The first-order valence-corrected chi connectivity index (χ1v) is 6.60. The van der Waals surface area contributed by atoms with Crippen LogP contribution in [0.3, 0.4) is 0 Å². The molecule has 17 heavy (non-hydrogen) atoms. The van der Waals surface area contributed by atoms with Crippen LogP contribution in [0.15, 0.2) is 28.7 Å². The number of rotatable bonds is 7. The molecule has 96 valence electrons. The zero-order valence-corrected chi connectivity index (χ0v) is 12.0. The topological polar surface area (TPSA) is 32.7 Å². The molecule has 0 aromatic heterocycles. The molecule has 0 aliphatic heterocycles. The highest BCUT2D eigenvalue weighted by Gasteiger charge is 2.09. The molecule has 1 aromatic carbocycles. The van der Waals surface area contributed by atoms with Crippen LogP contribution < -0.4 is 0 Å². The van der Waals surface area contributed by atoms with Gasteiger partial charge in [0, 0.05) is 24.2 Å². The van der Waals surface area contributed by atoms with Gasteiger partial charge in [0.1, 0.15) is 0 Å². The van der Waals surface area contributed by atoms with Crippen molar-refractivity contribution < 1.29 is 9.84 Å². The number of ether oxygens (including phenoxy) is 1. The molecule has 1 rings (SSSR count). The maximum Gasteiger partial charge on any atom is 0.0900 e. The lowest BCUT2D eigenvalue weighted by Gasteiger charge is -2.21. The van der Waals surface area contributed by atoms with Crippen molar-refractivity contribution in [3.8, 4) is 0 Å². The summed E-state index contributed by atoms with van der Waals surface area (Å²) in [5.74, 6) is 0. The zero-order valence-electron chi connectivity index (χ0n) is 10.4. The summed E-state index contributed by atoms with van der Waals surface area (Å²) < 4.78 is 6.29. The molecule has 0 amide bonds. The van der Waals surface area contributed by atoms with Crippen molar-refractivity contribution >= 4 is 15.9 Å². The summed E-state index contributed by atoms with van der Waals surface area (Å²) in [5, 5.41) is 9.72. The smallest absolute Gasteiger partial charge is 0.0900 e. The van der Waals surface area contributed by atoms with Crippen LogP contribution in [0.25, 0.3) is 0 Å². The second-order valence-corrected chi connectivity index (χ2v) is 4.96. The summed E-state index contributed by atoms with van der Waals surface area (Å²) in [6.45, 7) is 4.39. The third-order valence-corrected chi connectivity index (χ3v) is 3.21. The van der Waals surface area contributed by atoms with Gasteiger partial charge in [-0.25, -0.2) is 0 Å². The van der Waals surface area contributed by atoms with Gasteiger partial charge < -0.3 is 9.84 Å². The summed E-state index contributed by atoms with van der Waals surface area (Å²) in [5.41, 5.74) is 1.22. The number of aliphatic hydroxyl groups excluding tert-OH is 1. The van der Waals surface area contributed by atoms with Crippen molar-refractivity contribution in [3.63, 3.8) is 0 Å². The van der Waals surface area contributed by atoms with Crippen molar-refractivity contribution in [2.24, 2.45) is 0 Å². The third kappa shape index (κ3) is 5.64. The lowest BCUT2D eigenvalue weighted by atomic mass is 10.2. The average molecular weight is 302 g/mol. The highest BCUT2D eigenvalue weighted by Crippen LogP contribution is 2.17. The molecule has 0 radical (unpaired) electrons. The Morgan fingerprint density at radius 3 is 2.76 bits per heavy atom. The summed E-state index contributed by atoms with van der Waals surface area (Å²) in [6.07, 6.45) is -0.428. The lowest BCUT2D eigenvalue weighted by molar-refractivity contribution is 0.0244. The molecule has 0 saturated heterocycles. The minimum absolute atomic E-state index is 0.400. The number of likely N-dealkylation sites (N-methyl/N-ethyl adjacent to an activating group) is 1. The fourth-order valence-corrected chi connectivity index (χ4v) is 2.06. The SMILES string of the molecule is CCOCC(O)CN(C)Cc1ccccc1Br. The van der Waals surface area contributed by atoms with Crippen molar-refractivity contribution in [2.45, 2.75) is 19.6 Å². The zero-order chi connectivity index (χ0) is 12.7. The highest BCUT2D eigenvalue weighted by atomic mass is 79.9. The maximum atomic E-state index is 9.72. The number of nitrogens with zero attached hydrogens (tertiary/aromatic N) is 1. The molecule has 1 atom stereocenters. The quantitative estimate of drug-likeness (QED) is 0.839. The van der Waals surface area contributed by atoms with Crippen molar-refractivity contribution in [3.05, 3.63) is 34.3 Å². The molecule has 0 spiro atoms. The Labute approximate surface area is 112 Å². The molecule has 0 aliphatic rings. The van der Waals surface area contributed by atoms with Crippen LogP contribution in [0, 0.1) is 0 Å². The van der Waals surface area contributed by atoms with Gasteiger partial charge in [-0.2, -0.15) is 0 Å². The first-order valence-electron chi connectivity index (χ1n) is 5.81. The molecule has 0 bridgehead atoms. The van der Waals surface area contributed by atoms with Gasteiger partial charge >= 0.3 is 0 Å². The number of halogens is 1. The predicted molar refractivity (Wildman–Crippen MR) is 73.0 cm³/mol. The van der Waals surface area contributed by atoms with Gasteiger partial charge in [0.05, 0.1) is 12.7 Å². The second-order valence-electron chi connectivity index (χ2n) is 4.10. The van der Waals surface area contributed by atoms with E-state index in [1.807, 2.05) is 32.2 Å². The molecule has 0 fully saturated rings. The third-order valence-electron chi connectivity index (χ3n) is 2.43. The van der Waals surface area contributed by atoms with E-state index in [1.165, 1.54) is 5.56 Å². The molecule has 3 nitrogen and oxygen atoms in total. The van der Waals surface area contributed by atoms with E-state index in [4.69, 9.17) is 4.74 Å². The van der Waals surface area contributed by atoms with Crippen molar-refractivity contribution in [1.29, 1.82) is 0 Å². The van der Waals surface area contributed by atoms with Crippen molar-refractivity contribution in [2.75, 3.05) is 26.8 Å². The van der Waals surface area contributed by atoms with E-state index in [2.05, 4.69) is 26.9 Å². The standard InChI is InChI=1S/C13H20BrNO2/c1-3-17-10-12(16)9-15(2)8-11-6-4-5-7-13(11)14/h4-7,12,16H,3,8-10H2,1-2H3. The summed E-state index contributed by atoms with van der Waals surface area (Å²) in [4.78, 5) is 2.09. The molecule has 0 aliphatic carbocycles. The Bertz CT molecular complexity index is 333. The Morgan fingerprint density at radius 2 is 2.12 bits per heavy atom. The maximum absolute atomic E-state index is 9.72. The average Bonchev–Trinajstić information content (AvgIpc) is 2.29. The largest absolute Gasteiger partial charge is 0.389 e.